The molecule has 2 nitrogen and oxygen atoms in total. The quantitative estimate of drug-likeness (QED) is 0.423. The molecule has 1 N–H and O–H groups in total. The Kier molecular flexibility index (Phi) is 2.53. The van der Waals surface area contributed by atoms with Crippen molar-refractivity contribution < 1.29 is 5.21 Å². The molecular formula is C9H17NO. The fourth-order valence-electron chi connectivity index (χ4n) is 2.23. The monoisotopic (exact) mass is 155 g/mol. The van der Waals surface area contributed by atoms with E-state index in [0.717, 1.165) is 11.6 Å². The second-order valence-corrected chi connectivity index (χ2v) is 3.90. The first-order valence-corrected chi connectivity index (χ1v) is 4.37. The molecule has 1 saturated carbocycles. The van der Waals surface area contributed by atoms with E-state index < -0.39 is 0 Å². The molecule has 1 aliphatic carbocycles. The highest BCUT2D eigenvalue weighted by atomic mass is 16.4. The topological polar surface area (TPSA) is 32.6 Å². The maximum absolute atomic E-state index is 8.71. The Hall–Kier alpha value is -0.530. The molecule has 1 rings (SSSR count). The SMILES string of the molecule is CC1C[C@H](C)C(=NO)[C@@H](C)C1. The minimum absolute atomic E-state index is 0.471. The summed E-state index contributed by atoms with van der Waals surface area (Å²) in [7, 11) is 0. The minimum Gasteiger partial charge on any atom is -0.411 e. The molecule has 0 radical (unpaired) electrons. The molecule has 2 atom stereocenters. The molecule has 64 valence electrons. The first-order valence-electron chi connectivity index (χ1n) is 4.37. The number of hydrogen-bond acceptors (Lipinski definition) is 2. The van der Waals surface area contributed by atoms with Crippen LogP contribution in [0.2, 0.25) is 0 Å². The molecule has 11 heavy (non-hydrogen) atoms. The Morgan fingerprint density at radius 1 is 1.18 bits per heavy atom. The smallest absolute Gasteiger partial charge is 0.0627 e. The summed E-state index contributed by atoms with van der Waals surface area (Å²) in [5, 5.41) is 12.1. The van der Waals surface area contributed by atoms with Crippen molar-refractivity contribution >= 4 is 5.71 Å². The van der Waals surface area contributed by atoms with E-state index in [1.54, 1.807) is 0 Å². The maximum Gasteiger partial charge on any atom is 0.0627 e. The first-order chi connectivity index (χ1) is 5.15. The van der Waals surface area contributed by atoms with Crippen LogP contribution < -0.4 is 0 Å². The Morgan fingerprint density at radius 2 is 1.64 bits per heavy atom. The third-order valence-electron chi connectivity index (χ3n) is 2.64. The van der Waals surface area contributed by atoms with Gasteiger partial charge in [0.25, 0.3) is 0 Å². The molecule has 0 aromatic carbocycles. The van der Waals surface area contributed by atoms with Crippen LogP contribution >= 0.6 is 0 Å². The normalized spacial score (nSPS) is 38.8. The molecule has 0 aromatic heterocycles. The third-order valence-corrected chi connectivity index (χ3v) is 2.64. The summed E-state index contributed by atoms with van der Waals surface area (Å²) in [4.78, 5) is 0. The Morgan fingerprint density at radius 3 is 2.00 bits per heavy atom. The summed E-state index contributed by atoms with van der Waals surface area (Å²) in [6.07, 6.45) is 2.34. The average Bonchev–Trinajstić information content (AvgIpc) is 1.85. The van der Waals surface area contributed by atoms with Crippen LogP contribution in [-0.2, 0) is 0 Å². The molecule has 1 aliphatic rings. The van der Waals surface area contributed by atoms with E-state index in [1.807, 2.05) is 0 Å². The van der Waals surface area contributed by atoms with Crippen LogP contribution in [0.5, 0.6) is 0 Å². The Bertz CT molecular complexity index is 151. The summed E-state index contributed by atoms with van der Waals surface area (Å²) in [5.74, 6) is 1.72. The number of hydrogen-bond donors (Lipinski definition) is 1. The van der Waals surface area contributed by atoms with Crippen molar-refractivity contribution in [3.05, 3.63) is 0 Å². The van der Waals surface area contributed by atoms with Gasteiger partial charge in [-0.1, -0.05) is 25.9 Å². The Labute approximate surface area is 68.3 Å². The standard InChI is InChI=1S/C9H17NO/c1-6-4-7(2)9(10-11)8(3)5-6/h6-8,11H,4-5H2,1-3H3/t6?,7-,8-/m0/s1. The zero-order valence-corrected chi connectivity index (χ0v) is 7.54. The van der Waals surface area contributed by atoms with Gasteiger partial charge in [-0.25, -0.2) is 0 Å². The summed E-state index contributed by atoms with van der Waals surface area (Å²) >= 11 is 0. The van der Waals surface area contributed by atoms with Gasteiger partial charge in [0.05, 0.1) is 5.71 Å². The van der Waals surface area contributed by atoms with Crippen molar-refractivity contribution in [2.24, 2.45) is 22.9 Å². The molecule has 0 saturated heterocycles. The van der Waals surface area contributed by atoms with Gasteiger partial charge in [0, 0.05) is 0 Å². The van der Waals surface area contributed by atoms with Gasteiger partial charge in [0.1, 0.15) is 0 Å². The van der Waals surface area contributed by atoms with Gasteiger partial charge in [-0.2, -0.15) is 0 Å². The average molecular weight is 155 g/mol. The summed E-state index contributed by atoms with van der Waals surface area (Å²) in [6, 6.07) is 0. The fourth-order valence-corrected chi connectivity index (χ4v) is 2.23. The zero-order chi connectivity index (χ0) is 8.43. The molecule has 0 aliphatic heterocycles. The van der Waals surface area contributed by atoms with Gasteiger partial charge >= 0.3 is 0 Å². The molecule has 0 bridgehead atoms. The predicted molar refractivity (Wildman–Crippen MR) is 45.9 cm³/mol. The van der Waals surface area contributed by atoms with Crippen molar-refractivity contribution in [3.63, 3.8) is 0 Å². The number of rotatable bonds is 0. The molecule has 2 heteroatoms. The molecule has 1 fully saturated rings. The fraction of sp³-hybridized carbons (Fsp3) is 0.889. The number of nitrogens with zero attached hydrogens (tertiary/aromatic N) is 1. The van der Waals surface area contributed by atoms with Crippen molar-refractivity contribution in [1.82, 2.24) is 0 Å². The lowest BCUT2D eigenvalue weighted by atomic mass is 9.76. The lowest BCUT2D eigenvalue weighted by Crippen LogP contribution is -2.28. The van der Waals surface area contributed by atoms with E-state index >= 15 is 0 Å². The molecule has 0 spiro atoms. The largest absolute Gasteiger partial charge is 0.411 e. The van der Waals surface area contributed by atoms with E-state index in [-0.39, 0.29) is 0 Å². The van der Waals surface area contributed by atoms with Crippen LogP contribution in [0.3, 0.4) is 0 Å². The van der Waals surface area contributed by atoms with Crippen LogP contribution in [0.25, 0.3) is 0 Å². The van der Waals surface area contributed by atoms with Crippen molar-refractivity contribution in [3.8, 4) is 0 Å². The molecule has 0 unspecified atom stereocenters. The van der Waals surface area contributed by atoms with Crippen LogP contribution in [0.4, 0.5) is 0 Å². The summed E-state index contributed by atoms with van der Waals surface area (Å²) in [6.45, 7) is 6.55. The highest BCUT2D eigenvalue weighted by molar-refractivity contribution is 5.88. The van der Waals surface area contributed by atoms with Gasteiger partial charge < -0.3 is 5.21 Å². The summed E-state index contributed by atoms with van der Waals surface area (Å²) < 4.78 is 0. The lowest BCUT2D eigenvalue weighted by molar-refractivity contribution is 0.292. The van der Waals surface area contributed by atoms with Crippen LogP contribution in [-0.4, -0.2) is 10.9 Å². The van der Waals surface area contributed by atoms with E-state index in [2.05, 4.69) is 25.9 Å². The van der Waals surface area contributed by atoms with Crippen LogP contribution in [0.1, 0.15) is 33.6 Å². The van der Waals surface area contributed by atoms with Gasteiger partial charge in [0.2, 0.25) is 0 Å². The first kappa shape index (κ1) is 8.57. The Balaban J connectivity index is 2.67. The third kappa shape index (κ3) is 1.73. The van der Waals surface area contributed by atoms with Crippen molar-refractivity contribution in [2.45, 2.75) is 33.6 Å². The summed E-state index contributed by atoms with van der Waals surface area (Å²) in [5.41, 5.74) is 0.989. The lowest BCUT2D eigenvalue weighted by Gasteiger charge is -2.29. The second kappa shape index (κ2) is 3.24. The molecule has 0 amide bonds. The number of oxime groups is 1. The van der Waals surface area contributed by atoms with Crippen LogP contribution in [0, 0.1) is 17.8 Å². The van der Waals surface area contributed by atoms with Crippen molar-refractivity contribution in [2.75, 3.05) is 0 Å². The maximum atomic E-state index is 8.71. The second-order valence-electron chi connectivity index (χ2n) is 3.90. The van der Waals surface area contributed by atoms with Crippen LogP contribution in [0.15, 0.2) is 5.16 Å². The van der Waals surface area contributed by atoms with E-state index in [0.29, 0.717) is 11.8 Å². The van der Waals surface area contributed by atoms with Gasteiger partial charge in [-0.3, -0.25) is 0 Å². The van der Waals surface area contributed by atoms with E-state index in [1.165, 1.54) is 12.8 Å². The molecule has 0 heterocycles. The highest BCUT2D eigenvalue weighted by Crippen LogP contribution is 2.30. The molecular weight excluding hydrogens is 138 g/mol. The van der Waals surface area contributed by atoms with E-state index in [9.17, 15) is 0 Å². The highest BCUT2D eigenvalue weighted by Gasteiger charge is 2.27. The van der Waals surface area contributed by atoms with Gasteiger partial charge in [-0.05, 0) is 30.6 Å². The minimum atomic E-state index is 0.471. The van der Waals surface area contributed by atoms with E-state index in [4.69, 9.17) is 5.21 Å². The predicted octanol–water partition coefficient (Wildman–Crippen LogP) is 2.52. The van der Waals surface area contributed by atoms with Gasteiger partial charge in [0.15, 0.2) is 0 Å². The zero-order valence-electron chi connectivity index (χ0n) is 7.54. The van der Waals surface area contributed by atoms with Crippen molar-refractivity contribution in [1.29, 1.82) is 0 Å². The van der Waals surface area contributed by atoms with Gasteiger partial charge in [-0.15, -0.1) is 0 Å². The molecule has 0 aromatic rings.